The fraction of sp³-hybridized carbons (Fsp3) is 0.565. The van der Waals surface area contributed by atoms with E-state index < -0.39 is 0 Å². The molecule has 8 heteroatoms. The molecule has 1 amide bonds. The van der Waals surface area contributed by atoms with Crippen LogP contribution in [-0.2, 0) is 35.3 Å². The largest absolute Gasteiger partial charge is 0.459 e. The molecule has 0 spiro atoms. The van der Waals surface area contributed by atoms with Gasteiger partial charge in [-0.1, -0.05) is 0 Å². The molecule has 3 rings (SSSR count). The zero-order chi connectivity index (χ0) is 22.5. The molecule has 0 bridgehead atoms. The van der Waals surface area contributed by atoms with Crippen LogP contribution in [-0.4, -0.2) is 27.8 Å². The summed E-state index contributed by atoms with van der Waals surface area (Å²) in [6.45, 7) is 8.11. The summed E-state index contributed by atoms with van der Waals surface area (Å²) in [4.78, 5) is 26.7. The number of aromatic nitrogens is 2. The molecule has 2 aromatic heterocycles. The first-order chi connectivity index (χ1) is 14.8. The average Bonchev–Trinajstić information content (AvgIpc) is 3.20. The molecule has 0 fully saturated rings. The number of rotatable bonds is 8. The van der Waals surface area contributed by atoms with E-state index >= 15 is 0 Å². The van der Waals surface area contributed by atoms with E-state index in [9.17, 15) is 9.59 Å². The molecule has 31 heavy (non-hydrogen) atoms. The van der Waals surface area contributed by atoms with Gasteiger partial charge in [0.1, 0.15) is 5.00 Å². The summed E-state index contributed by atoms with van der Waals surface area (Å²) >= 11 is 1.51. The fourth-order valence-electron chi connectivity index (χ4n) is 4.04. The van der Waals surface area contributed by atoms with E-state index in [0.29, 0.717) is 36.4 Å². The number of thiophene rings is 1. The Morgan fingerprint density at radius 2 is 2.03 bits per heavy atom. The molecule has 1 aliphatic carbocycles. The Balaban J connectivity index is 1.73. The van der Waals surface area contributed by atoms with Crippen LogP contribution in [0.25, 0.3) is 0 Å². The summed E-state index contributed by atoms with van der Waals surface area (Å²) in [5.41, 5.74) is 4.50. The van der Waals surface area contributed by atoms with Crippen molar-refractivity contribution >= 4 is 28.2 Å². The predicted octanol–water partition coefficient (Wildman–Crippen LogP) is 4.49. The number of ether oxygens (including phenoxy) is 1. The first kappa shape index (κ1) is 23.0. The van der Waals surface area contributed by atoms with Gasteiger partial charge in [-0.2, -0.15) is 10.4 Å². The van der Waals surface area contributed by atoms with Crippen molar-refractivity contribution in [3.05, 3.63) is 33.0 Å². The van der Waals surface area contributed by atoms with E-state index in [-0.39, 0.29) is 18.0 Å². The number of amides is 1. The van der Waals surface area contributed by atoms with Crippen LogP contribution >= 0.6 is 11.3 Å². The Labute approximate surface area is 187 Å². The Hall–Kier alpha value is -2.66. The lowest BCUT2D eigenvalue weighted by Crippen LogP contribution is -2.18. The highest BCUT2D eigenvalue weighted by molar-refractivity contribution is 7.17. The number of hydrogen-bond donors (Lipinski definition) is 1. The van der Waals surface area contributed by atoms with Crippen molar-refractivity contribution in [1.29, 1.82) is 5.26 Å². The lowest BCUT2D eigenvalue weighted by atomic mass is 9.95. The summed E-state index contributed by atoms with van der Waals surface area (Å²) in [7, 11) is 0. The van der Waals surface area contributed by atoms with Crippen LogP contribution < -0.4 is 5.32 Å². The third-order valence-corrected chi connectivity index (χ3v) is 6.75. The quantitative estimate of drug-likeness (QED) is 0.608. The second-order valence-corrected chi connectivity index (χ2v) is 9.30. The monoisotopic (exact) mass is 442 g/mol. The van der Waals surface area contributed by atoms with Gasteiger partial charge in [0.25, 0.3) is 0 Å². The third-order valence-electron chi connectivity index (χ3n) is 5.54. The minimum atomic E-state index is -0.352. The Bertz CT molecular complexity index is 1010. The Morgan fingerprint density at radius 3 is 2.74 bits per heavy atom. The molecular formula is C23H30N4O3S. The minimum absolute atomic E-state index is 0.124. The lowest BCUT2D eigenvalue weighted by Gasteiger charge is -2.14. The molecule has 0 atom stereocenters. The second-order valence-electron chi connectivity index (χ2n) is 8.20. The summed E-state index contributed by atoms with van der Waals surface area (Å²) < 4.78 is 7.29. The highest BCUT2D eigenvalue weighted by Gasteiger charge is 2.28. The van der Waals surface area contributed by atoms with E-state index in [1.165, 1.54) is 16.2 Å². The molecule has 1 N–H and O–H groups in total. The molecule has 1 aliphatic rings. The maximum atomic E-state index is 12.8. The molecule has 7 nitrogen and oxygen atoms in total. The SMILES string of the molecule is Cc1nn(CCC#N)c(C)c1CCC(=O)Nc1sc2c(c1C(=O)OC(C)C)CCCC2. The number of fused-ring (bicyclic) bond motifs is 1. The van der Waals surface area contributed by atoms with Crippen molar-refractivity contribution in [2.45, 2.75) is 85.3 Å². The minimum Gasteiger partial charge on any atom is -0.459 e. The van der Waals surface area contributed by atoms with E-state index in [2.05, 4.69) is 16.5 Å². The average molecular weight is 443 g/mol. The number of carbonyl (C=O) groups is 2. The highest BCUT2D eigenvalue weighted by Crippen LogP contribution is 2.38. The Morgan fingerprint density at radius 1 is 1.29 bits per heavy atom. The summed E-state index contributed by atoms with van der Waals surface area (Å²) in [5, 5.41) is 16.9. The zero-order valence-corrected chi connectivity index (χ0v) is 19.5. The lowest BCUT2D eigenvalue weighted by molar-refractivity contribution is -0.116. The molecule has 2 heterocycles. The standard InChI is InChI=1S/C23H30N4O3S/c1-14(2)30-23(29)21-18-8-5-6-9-19(18)31-22(21)25-20(28)11-10-17-15(3)26-27(16(17)4)13-7-12-24/h14H,5-11,13H2,1-4H3,(H,25,28). The fourth-order valence-corrected chi connectivity index (χ4v) is 5.33. The number of nitrogens with zero attached hydrogens (tertiary/aromatic N) is 3. The summed E-state index contributed by atoms with van der Waals surface area (Å²) in [5.74, 6) is -0.476. The second kappa shape index (κ2) is 10.1. The molecule has 0 aliphatic heterocycles. The van der Waals surface area contributed by atoms with Gasteiger partial charge in [-0.3, -0.25) is 9.48 Å². The molecule has 0 saturated carbocycles. The number of carbonyl (C=O) groups excluding carboxylic acids is 2. The van der Waals surface area contributed by atoms with E-state index in [1.54, 1.807) is 0 Å². The van der Waals surface area contributed by atoms with Gasteiger partial charge in [0.15, 0.2) is 0 Å². The van der Waals surface area contributed by atoms with Gasteiger partial charge < -0.3 is 10.1 Å². The zero-order valence-electron chi connectivity index (χ0n) is 18.7. The van der Waals surface area contributed by atoms with Crippen LogP contribution in [0.4, 0.5) is 5.00 Å². The highest BCUT2D eigenvalue weighted by atomic mass is 32.1. The number of nitriles is 1. The van der Waals surface area contributed by atoms with Gasteiger partial charge in [0.05, 0.1) is 36.4 Å². The first-order valence-corrected chi connectivity index (χ1v) is 11.7. The predicted molar refractivity (Wildman–Crippen MR) is 120 cm³/mol. The van der Waals surface area contributed by atoms with E-state index in [4.69, 9.17) is 10.00 Å². The molecule has 166 valence electrons. The van der Waals surface area contributed by atoms with Crippen LogP contribution in [0.2, 0.25) is 0 Å². The van der Waals surface area contributed by atoms with Crippen LogP contribution in [0, 0.1) is 25.2 Å². The van der Waals surface area contributed by atoms with Crippen LogP contribution in [0.5, 0.6) is 0 Å². The van der Waals surface area contributed by atoms with Gasteiger partial charge in [-0.15, -0.1) is 11.3 Å². The molecule has 0 saturated heterocycles. The molecular weight excluding hydrogens is 412 g/mol. The maximum Gasteiger partial charge on any atom is 0.341 e. The molecule has 0 aromatic carbocycles. The van der Waals surface area contributed by atoms with E-state index in [0.717, 1.165) is 48.2 Å². The Kier molecular flexibility index (Phi) is 7.50. The number of aryl methyl sites for hydroxylation is 3. The van der Waals surface area contributed by atoms with Gasteiger partial charge >= 0.3 is 5.97 Å². The van der Waals surface area contributed by atoms with Gasteiger partial charge in [0, 0.05) is 17.0 Å². The third kappa shape index (κ3) is 5.34. The van der Waals surface area contributed by atoms with Crippen molar-refractivity contribution in [2.75, 3.05) is 5.32 Å². The maximum absolute atomic E-state index is 12.8. The van der Waals surface area contributed by atoms with Crippen LogP contribution in [0.3, 0.4) is 0 Å². The number of esters is 1. The molecule has 2 aromatic rings. The van der Waals surface area contributed by atoms with Gasteiger partial charge in [-0.25, -0.2) is 4.79 Å². The smallest absolute Gasteiger partial charge is 0.341 e. The number of anilines is 1. The number of hydrogen-bond acceptors (Lipinski definition) is 6. The molecule has 0 radical (unpaired) electrons. The van der Waals surface area contributed by atoms with Crippen LogP contribution in [0.15, 0.2) is 0 Å². The van der Waals surface area contributed by atoms with Crippen molar-refractivity contribution in [3.63, 3.8) is 0 Å². The normalized spacial score (nSPS) is 13.0. The van der Waals surface area contributed by atoms with Crippen molar-refractivity contribution in [2.24, 2.45) is 0 Å². The van der Waals surface area contributed by atoms with Crippen LogP contribution in [0.1, 0.15) is 77.3 Å². The van der Waals surface area contributed by atoms with Crippen molar-refractivity contribution in [3.8, 4) is 6.07 Å². The van der Waals surface area contributed by atoms with E-state index in [1.807, 2.05) is 32.4 Å². The first-order valence-electron chi connectivity index (χ1n) is 10.9. The summed E-state index contributed by atoms with van der Waals surface area (Å²) in [6.07, 6.45) is 5.00. The van der Waals surface area contributed by atoms with Crippen molar-refractivity contribution < 1.29 is 14.3 Å². The van der Waals surface area contributed by atoms with Gasteiger partial charge in [0.2, 0.25) is 5.91 Å². The van der Waals surface area contributed by atoms with Gasteiger partial charge in [-0.05, 0) is 70.9 Å². The summed E-state index contributed by atoms with van der Waals surface area (Å²) in [6, 6.07) is 2.13. The molecule has 0 unspecified atom stereocenters. The number of nitrogens with one attached hydrogen (secondary N) is 1. The van der Waals surface area contributed by atoms with Crippen molar-refractivity contribution in [1.82, 2.24) is 9.78 Å². The topological polar surface area (TPSA) is 97.0 Å².